The maximum Gasteiger partial charge on any atom is 0.353 e. The number of rotatable bonds is 8. The molecule has 6 atom stereocenters. The number of carbonyl (C=O) groups is 4. The zero-order chi connectivity index (χ0) is 27.0. The second kappa shape index (κ2) is 10.9. The average molecular weight is 537 g/mol. The van der Waals surface area contributed by atoms with Gasteiger partial charge in [-0.3, -0.25) is 19.8 Å². The molecule has 4 aliphatic rings. The maximum atomic E-state index is 13.1. The van der Waals surface area contributed by atoms with Crippen molar-refractivity contribution < 1.29 is 24.3 Å². The van der Waals surface area contributed by atoms with E-state index in [1.165, 1.54) is 16.7 Å². The number of carbonyl (C=O) groups excluding carboxylic acids is 3. The van der Waals surface area contributed by atoms with Crippen molar-refractivity contribution in [2.45, 2.75) is 43.6 Å². The molecule has 37 heavy (non-hydrogen) atoms. The summed E-state index contributed by atoms with van der Waals surface area (Å²) in [5.41, 5.74) is 5.56. The molecule has 14 heteroatoms. The molecular weight excluding hydrogens is 500 g/mol. The zero-order valence-corrected chi connectivity index (χ0v) is 22.1. The van der Waals surface area contributed by atoms with Crippen LogP contribution in [0.25, 0.3) is 0 Å². The summed E-state index contributed by atoms with van der Waals surface area (Å²) in [4.78, 5) is 55.9. The van der Waals surface area contributed by atoms with Crippen LogP contribution in [0.1, 0.15) is 20.3 Å². The Bertz CT molecular complexity index is 1010. The van der Waals surface area contributed by atoms with E-state index in [4.69, 9.17) is 11.1 Å². The molecule has 4 aliphatic heterocycles. The summed E-state index contributed by atoms with van der Waals surface area (Å²) in [7, 11) is 1.66. The first-order valence-electron chi connectivity index (χ1n) is 12.6. The molecule has 0 aromatic carbocycles. The van der Waals surface area contributed by atoms with Crippen molar-refractivity contribution >= 4 is 41.4 Å². The number of amides is 3. The van der Waals surface area contributed by atoms with E-state index in [0.717, 1.165) is 0 Å². The number of nitrogens with zero attached hydrogens (tertiary/aromatic N) is 3. The molecule has 3 fully saturated rings. The lowest BCUT2D eigenvalue weighted by Crippen LogP contribution is -2.66. The Hall–Kier alpha value is -2.84. The van der Waals surface area contributed by atoms with E-state index in [1.54, 1.807) is 23.8 Å². The highest BCUT2D eigenvalue weighted by molar-refractivity contribution is 8.03. The number of thioether (sulfide) groups is 1. The molecule has 13 nitrogen and oxygen atoms in total. The fraction of sp³-hybridized carbons (Fsp3) is 0.696. The van der Waals surface area contributed by atoms with Gasteiger partial charge in [0.05, 0.1) is 24.5 Å². The zero-order valence-electron chi connectivity index (χ0n) is 21.3. The Labute approximate surface area is 220 Å². The van der Waals surface area contributed by atoms with Gasteiger partial charge in [0.15, 0.2) is 5.96 Å². The second-order valence-corrected chi connectivity index (χ2v) is 11.4. The topological polar surface area (TPSA) is 184 Å². The summed E-state index contributed by atoms with van der Waals surface area (Å²) < 4.78 is 0. The highest BCUT2D eigenvalue weighted by Crippen LogP contribution is 2.51. The van der Waals surface area contributed by atoms with Crippen LogP contribution in [0.2, 0.25) is 0 Å². The Kier molecular flexibility index (Phi) is 7.99. The number of carboxylic acids is 1. The van der Waals surface area contributed by atoms with Crippen LogP contribution in [0, 0.1) is 17.2 Å². The summed E-state index contributed by atoms with van der Waals surface area (Å²) in [5, 5.41) is 26.4. The number of hydrogen-bond acceptors (Lipinski definition) is 8. The van der Waals surface area contributed by atoms with Crippen LogP contribution in [0.15, 0.2) is 10.6 Å². The number of fused-ring (bicyclic) bond motifs is 1. The molecule has 0 aromatic heterocycles. The van der Waals surface area contributed by atoms with Gasteiger partial charge in [0.25, 0.3) is 0 Å². The van der Waals surface area contributed by atoms with Crippen LogP contribution in [0.3, 0.4) is 0 Å². The fourth-order valence-electron chi connectivity index (χ4n) is 5.80. The normalized spacial score (nSPS) is 30.2. The van der Waals surface area contributed by atoms with Crippen molar-refractivity contribution in [1.82, 2.24) is 30.7 Å². The molecule has 7 N–H and O–H groups in total. The van der Waals surface area contributed by atoms with E-state index < -0.39 is 17.9 Å². The number of likely N-dealkylation sites (N-methyl/N-ethyl adjacent to an activating group) is 1. The van der Waals surface area contributed by atoms with Gasteiger partial charge in [-0.1, -0.05) is 6.92 Å². The number of nitrogens with two attached hydrogens (primary N) is 1. The monoisotopic (exact) mass is 536 g/mol. The Balaban J connectivity index is 1.39. The fourth-order valence-corrected chi connectivity index (χ4v) is 7.28. The summed E-state index contributed by atoms with van der Waals surface area (Å²) in [5.74, 6) is -2.32. The van der Waals surface area contributed by atoms with Crippen molar-refractivity contribution in [3.63, 3.8) is 0 Å². The Morgan fingerprint density at radius 1 is 1.24 bits per heavy atom. The van der Waals surface area contributed by atoms with Crippen molar-refractivity contribution in [3.8, 4) is 0 Å². The molecule has 0 saturated carbocycles. The highest BCUT2D eigenvalue weighted by atomic mass is 32.2. The van der Waals surface area contributed by atoms with Crippen LogP contribution in [0.5, 0.6) is 0 Å². The maximum absolute atomic E-state index is 13.1. The number of piperazine rings is 1. The largest absolute Gasteiger partial charge is 0.477 e. The number of aliphatic carboxylic acids is 1. The van der Waals surface area contributed by atoms with E-state index in [2.05, 4.69) is 16.0 Å². The van der Waals surface area contributed by atoms with Gasteiger partial charge in [0.1, 0.15) is 5.70 Å². The van der Waals surface area contributed by atoms with Gasteiger partial charge in [-0.15, -0.1) is 11.8 Å². The molecule has 0 aliphatic carbocycles. The molecule has 0 bridgehead atoms. The van der Waals surface area contributed by atoms with Crippen LogP contribution in [-0.4, -0.2) is 119 Å². The number of carboxylic acid groups (broad SMARTS) is 1. The third kappa shape index (κ3) is 5.14. The van der Waals surface area contributed by atoms with Crippen LogP contribution in [-0.2, 0) is 19.2 Å². The van der Waals surface area contributed by atoms with E-state index in [0.29, 0.717) is 44.0 Å². The predicted octanol–water partition coefficient (Wildman–Crippen LogP) is -2.02. The third-order valence-electron chi connectivity index (χ3n) is 7.67. The highest BCUT2D eigenvalue weighted by Gasteiger charge is 2.60. The van der Waals surface area contributed by atoms with E-state index in [-0.39, 0.29) is 59.2 Å². The van der Waals surface area contributed by atoms with Gasteiger partial charge in [0.2, 0.25) is 17.7 Å². The van der Waals surface area contributed by atoms with Crippen LogP contribution >= 0.6 is 11.8 Å². The molecule has 4 rings (SSSR count). The Morgan fingerprint density at radius 2 is 1.89 bits per heavy atom. The van der Waals surface area contributed by atoms with Crippen LogP contribution in [0.4, 0.5) is 0 Å². The first-order valence-corrected chi connectivity index (χ1v) is 13.4. The molecule has 4 heterocycles. The van der Waals surface area contributed by atoms with E-state index >= 15 is 0 Å². The van der Waals surface area contributed by atoms with Gasteiger partial charge in [-0.25, -0.2) is 4.79 Å². The molecule has 3 amide bonds. The minimum Gasteiger partial charge on any atom is -0.477 e. The molecule has 0 radical (unpaired) electrons. The first kappa shape index (κ1) is 27.2. The minimum atomic E-state index is -1.14. The van der Waals surface area contributed by atoms with E-state index in [1.807, 2.05) is 6.92 Å². The quantitative estimate of drug-likeness (QED) is 0.115. The van der Waals surface area contributed by atoms with Crippen molar-refractivity contribution in [2.75, 3.05) is 46.3 Å². The SMILES string of the molecule is CNCC(=O)N[C@H](C)[C@H]1C(=O)N2C(C(=O)O)=C(S[C@@H]3CN[C@H](C(=O)N4CCN(C(=N)N)CC4)C3)[C@H](C)[C@H]12. The van der Waals surface area contributed by atoms with E-state index in [9.17, 15) is 24.3 Å². The van der Waals surface area contributed by atoms with Gasteiger partial charge >= 0.3 is 5.97 Å². The average Bonchev–Trinajstić information content (AvgIpc) is 3.40. The smallest absolute Gasteiger partial charge is 0.353 e. The molecule has 3 saturated heterocycles. The van der Waals surface area contributed by atoms with Crippen LogP contribution < -0.4 is 21.7 Å². The molecule has 0 spiro atoms. The third-order valence-corrected chi connectivity index (χ3v) is 9.18. The summed E-state index contributed by atoms with van der Waals surface area (Å²) in [6.07, 6.45) is 0.554. The summed E-state index contributed by atoms with van der Waals surface area (Å²) in [6.45, 7) is 6.45. The standard InChI is InChI=1S/C23H36N8O5S/c1-11-17-16(12(2)28-15(32)10-26-3)21(34)31(17)18(22(35)36)19(11)37-13-8-14(27-9-13)20(33)29-4-6-30(7-5-29)23(24)25/h11-14,16-17,26-27H,4-10H2,1-3H3,(H3,24,25)(H,28,32)(H,35,36)/t11-,12-,13+,14+,16-,17-/m1/s1. The van der Waals surface area contributed by atoms with Crippen molar-refractivity contribution in [2.24, 2.45) is 17.6 Å². The van der Waals surface area contributed by atoms with Gasteiger partial charge < -0.3 is 41.5 Å². The second-order valence-electron chi connectivity index (χ2n) is 10.1. The van der Waals surface area contributed by atoms with Gasteiger partial charge in [-0.05, 0) is 20.4 Å². The first-order chi connectivity index (χ1) is 17.5. The summed E-state index contributed by atoms with van der Waals surface area (Å²) in [6, 6.07) is -1.11. The lowest BCUT2D eigenvalue weighted by molar-refractivity contribution is -0.158. The predicted molar refractivity (Wildman–Crippen MR) is 137 cm³/mol. The number of hydrogen-bond donors (Lipinski definition) is 6. The number of β-lactam (4-membered cyclic amide) rings is 1. The van der Waals surface area contributed by atoms with Gasteiger partial charge in [-0.2, -0.15) is 0 Å². The van der Waals surface area contributed by atoms with Crippen molar-refractivity contribution in [3.05, 3.63) is 10.6 Å². The molecule has 0 unspecified atom stereocenters. The minimum absolute atomic E-state index is 0.00315. The number of nitrogens with one attached hydrogen (secondary N) is 4. The van der Waals surface area contributed by atoms with Crippen molar-refractivity contribution in [1.29, 1.82) is 5.41 Å². The molecule has 204 valence electrons. The molecular formula is C23H36N8O5S. The lowest BCUT2D eigenvalue weighted by atomic mass is 9.78. The summed E-state index contributed by atoms with van der Waals surface area (Å²) >= 11 is 1.44. The lowest BCUT2D eigenvalue weighted by Gasteiger charge is -2.47. The molecule has 0 aromatic rings. The number of guanidine groups is 1. The Morgan fingerprint density at radius 3 is 2.49 bits per heavy atom. The van der Waals surface area contributed by atoms with Gasteiger partial charge in [0, 0.05) is 54.8 Å².